The Balaban J connectivity index is -0.0000000262. The summed E-state index contributed by atoms with van der Waals surface area (Å²) in [6.45, 7) is 4.36. The summed E-state index contributed by atoms with van der Waals surface area (Å²) in [6.07, 6.45) is 2.64. The normalized spacial score (nSPS) is 4.80. The first kappa shape index (κ1) is 22.5. The molecule has 10 heavy (non-hydrogen) atoms. The molecule has 0 atom stereocenters. The summed E-state index contributed by atoms with van der Waals surface area (Å²) >= 11 is 0. The third-order valence-corrected chi connectivity index (χ3v) is 0.500. The molecule has 0 spiro atoms. The topological polar surface area (TPSA) is 60.7 Å². The van der Waals surface area contributed by atoms with Gasteiger partial charge in [0.1, 0.15) is 0 Å². The van der Waals surface area contributed by atoms with Gasteiger partial charge in [0.15, 0.2) is 0 Å². The van der Waals surface area contributed by atoms with Crippen LogP contribution in [0.4, 0.5) is 0 Å². The minimum Gasteiger partial charge on any atom is -0.400 e. The lowest BCUT2D eigenvalue weighted by Crippen LogP contribution is -1.47. The lowest BCUT2D eigenvalue weighted by atomic mass is 10.4. The van der Waals surface area contributed by atoms with E-state index in [0.29, 0.717) is 0 Å². The van der Waals surface area contributed by atoms with Crippen LogP contribution in [0.3, 0.4) is 0 Å². The second kappa shape index (κ2) is 156. The van der Waals surface area contributed by atoms with E-state index in [1.165, 1.54) is 12.8 Å². The molecule has 0 aliphatic rings. The highest BCUT2D eigenvalue weighted by Gasteiger charge is 1.56. The Morgan fingerprint density at radius 3 is 0.700 bits per heavy atom. The van der Waals surface area contributed by atoms with E-state index in [-0.39, 0.29) is 0 Å². The zero-order valence-electron chi connectivity index (χ0n) is 7.76. The predicted octanol–water partition coefficient (Wildman–Crippen LogP) is 0.632. The number of aliphatic hydroxyl groups excluding tert-OH is 3. The van der Waals surface area contributed by atoms with Gasteiger partial charge in [0, 0.05) is 21.3 Å². The van der Waals surface area contributed by atoms with Crippen molar-refractivity contribution in [1.82, 2.24) is 0 Å². The van der Waals surface area contributed by atoms with Crippen molar-refractivity contribution in [2.24, 2.45) is 0 Å². The number of aliphatic hydroxyl groups is 3. The van der Waals surface area contributed by atoms with Crippen LogP contribution < -0.4 is 0 Å². The average Bonchev–Trinajstić information content (AvgIpc) is 2.14. The molecular formula is C7H22O3. The molecule has 0 rings (SSSR count). The molecule has 0 aromatic heterocycles. The first-order valence-electron chi connectivity index (χ1n) is 3.26. The Labute approximate surface area is 64.3 Å². The smallest absolute Gasteiger partial charge is 0.0319 e. The van der Waals surface area contributed by atoms with Gasteiger partial charge in [-0.3, -0.25) is 0 Å². The highest BCUT2D eigenvalue weighted by Crippen LogP contribution is 1.76. The molecular weight excluding hydrogens is 132 g/mol. The molecule has 0 saturated heterocycles. The predicted molar refractivity (Wildman–Crippen MR) is 45.0 cm³/mol. The zero-order valence-corrected chi connectivity index (χ0v) is 7.76. The maximum atomic E-state index is 7.00. The zero-order chi connectivity index (χ0) is 9.41. The molecule has 3 heteroatoms. The van der Waals surface area contributed by atoms with Crippen molar-refractivity contribution >= 4 is 0 Å². The lowest BCUT2D eigenvalue weighted by Gasteiger charge is -1.68. The van der Waals surface area contributed by atoms with Crippen molar-refractivity contribution in [1.29, 1.82) is 0 Å². The maximum Gasteiger partial charge on any atom is 0.0319 e. The van der Waals surface area contributed by atoms with Gasteiger partial charge in [0.05, 0.1) is 0 Å². The SMILES string of the molecule is CCCC.CO.CO.CO. The molecule has 0 saturated carbocycles. The Morgan fingerprint density at radius 2 is 0.700 bits per heavy atom. The van der Waals surface area contributed by atoms with Gasteiger partial charge in [0.25, 0.3) is 0 Å². The van der Waals surface area contributed by atoms with Crippen molar-refractivity contribution in [3.8, 4) is 0 Å². The minimum absolute atomic E-state index is 1.00. The van der Waals surface area contributed by atoms with E-state index < -0.39 is 0 Å². The molecule has 0 unspecified atom stereocenters. The Morgan fingerprint density at radius 1 is 0.600 bits per heavy atom. The maximum absolute atomic E-state index is 7.00. The van der Waals surface area contributed by atoms with Crippen LogP contribution in [0, 0.1) is 0 Å². The summed E-state index contributed by atoms with van der Waals surface area (Å²) < 4.78 is 0. The van der Waals surface area contributed by atoms with Crippen molar-refractivity contribution in [3.05, 3.63) is 0 Å². The number of hydrogen-bond donors (Lipinski definition) is 3. The fourth-order valence-electron chi connectivity index (χ4n) is 0. The van der Waals surface area contributed by atoms with E-state index in [0.717, 1.165) is 21.3 Å². The highest BCUT2D eigenvalue weighted by atomic mass is 16.2. The largest absolute Gasteiger partial charge is 0.400 e. The van der Waals surface area contributed by atoms with Crippen LogP contribution in [-0.4, -0.2) is 36.6 Å². The third-order valence-electron chi connectivity index (χ3n) is 0.500. The summed E-state index contributed by atoms with van der Waals surface area (Å²) in [5.41, 5.74) is 0. The summed E-state index contributed by atoms with van der Waals surface area (Å²) in [5, 5.41) is 21.0. The Bertz CT molecular complexity index is 10.8. The van der Waals surface area contributed by atoms with Crippen LogP contribution in [0.5, 0.6) is 0 Å². The molecule has 0 aromatic rings. The van der Waals surface area contributed by atoms with Crippen LogP contribution in [0.2, 0.25) is 0 Å². The molecule has 3 N–H and O–H groups in total. The summed E-state index contributed by atoms with van der Waals surface area (Å²) in [6, 6.07) is 0. The van der Waals surface area contributed by atoms with Crippen LogP contribution in [-0.2, 0) is 0 Å². The molecule has 0 bridgehead atoms. The van der Waals surface area contributed by atoms with Gasteiger partial charge in [0.2, 0.25) is 0 Å². The molecule has 0 fully saturated rings. The molecule has 0 amide bonds. The Kier molecular flexibility index (Phi) is 352. The molecule has 0 aliphatic carbocycles. The van der Waals surface area contributed by atoms with E-state index in [1.807, 2.05) is 0 Å². The van der Waals surface area contributed by atoms with Gasteiger partial charge >= 0.3 is 0 Å². The second-order valence-electron chi connectivity index (χ2n) is 1.000. The van der Waals surface area contributed by atoms with E-state index in [4.69, 9.17) is 15.3 Å². The summed E-state index contributed by atoms with van der Waals surface area (Å²) in [5.74, 6) is 0. The van der Waals surface area contributed by atoms with Gasteiger partial charge in [-0.05, 0) is 0 Å². The highest BCUT2D eigenvalue weighted by molar-refractivity contribution is 4.12. The monoisotopic (exact) mass is 154 g/mol. The molecule has 0 radical (unpaired) electrons. The van der Waals surface area contributed by atoms with Gasteiger partial charge in [-0.2, -0.15) is 0 Å². The molecule has 3 nitrogen and oxygen atoms in total. The quantitative estimate of drug-likeness (QED) is 0.519. The lowest BCUT2D eigenvalue weighted by molar-refractivity contribution is 0.399. The van der Waals surface area contributed by atoms with Crippen molar-refractivity contribution in [3.63, 3.8) is 0 Å². The van der Waals surface area contributed by atoms with E-state index in [1.54, 1.807) is 0 Å². The van der Waals surface area contributed by atoms with E-state index in [9.17, 15) is 0 Å². The summed E-state index contributed by atoms with van der Waals surface area (Å²) in [7, 11) is 3.00. The van der Waals surface area contributed by atoms with E-state index >= 15 is 0 Å². The third kappa shape index (κ3) is 482. The minimum atomic E-state index is 1.00. The molecule has 68 valence electrons. The van der Waals surface area contributed by atoms with Crippen LogP contribution in [0.25, 0.3) is 0 Å². The number of unbranched alkanes of at least 4 members (excludes halogenated alkanes) is 1. The summed E-state index contributed by atoms with van der Waals surface area (Å²) in [4.78, 5) is 0. The number of rotatable bonds is 1. The van der Waals surface area contributed by atoms with Gasteiger partial charge < -0.3 is 15.3 Å². The van der Waals surface area contributed by atoms with Crippen molar-refractivity contribution in [2.45, 2.75) is 26.7 Å². The van der Waals surface area contributed by atoms with Crippen molar-refractivity contribution in [2.75, 3.05) is 21.3 Å². The van der Waals surface area contributed by atoms with Crippen LogP contribution >= 0.6 is 0 Å². The van der Waals surface area contributed by atoms with Gasteiger partial charge in [-0.25, -0.2) is 0 Å². The second-order valence-corrected chi connectivity index (χ2v) is 1.000. The van der Waals surface area contributed by atoms with Crippen LogP contribution in [0.15, 0.2) is 0 Å². The standard InChI is InChI=1S/C4H10.3CH4O/c1-3-4-2;3*1-2/h3-4H2,1-2H3;3*2H,1H3. The fraction of sp³-hybridized carbons (Fsp3) is 1.00. The van der Waals surface area contributed by atoms with Crippen LogP contribution in [0.1, 0.15) is 26.7 Å². The molecule has 0 heterocycles. The first-order valence-corrected chi connectivity index (χ1v) is 3.26. The van der Waals surface area contributed by atoms with Gasteiger partial charge in [-0.15, -0.1) is 0 Å². The van der Waals surface area contributed by atoms with E-state index in [2.05, 4.69) is 13.8 Å². The Hall–Kier alpha value is -0.120. The molecule has 0 aliphatic heterocycles. The fourth-order valence-corrected chi connectivity index (χ4v) is 0. The first-order chi connectivity index (χ1) is 4.91. The van der Waals surface area contributed by atoms with Crippen molar-refractivity contribution < 1.29 is 15.3 Å². The van der Waals surface area contributed by atoms with Gasteiger partial charge in [-0.1, -0.05) is 26.7 Å². The average molecular weight is 154 g/mol. The number of hydrogen-bond acceptors (Lipinski definition) is 3. The molecule has 0 aromatic carbocycles.